The lowest BCUT2D eigenvalue weighted by atomic mass is 10.1. The molecule has 0 saturated heterocycles. The van der Waals surface area contributed by atoms with Crippen LogP contribution in [0.1, 0.15) is 20.3 Å². The fourth-order valence-corrected chi connectivity index (χ4v) is 0.530. The molecule has 2 N–H and O–H groups in total. The quantitative estimate of drug-likeness (QED) is 0.491. The van der Waals surface area contributed by atoms with E-state index in [0.29, 0.717) is 6.42 Å². The van der Waals surface area contributed by atoms with Gasteiger partial charge in [-0.15, -0.1) is 0 Å². The molecule has 0 heterocycles. The Balaban J connectivity index is 2.95. The lowest BCUT2D eigenvalue weighted by molar-refractivity contribution is 0.558. The van der Waals surface area contributed by atoms with E-state index in [-0.39, 0.29) is 12.1 Å². The van der Waals surface area contributed by atoms with E-state index in [2.05, 4.69) is 0 Å². The molecule has 0 bridgehead atoms. The van der Waals surface area contributed by atoms with Crippen LogP contribution >= 0.6 is 0 Å². The molecule has 0 aliphatic carbocycles. The molecule has 0 aromatic carbocycles. The number of nitrogens with one attached hydrogen (secondary N) is 2. The molecule has 2 unspecified atom stereocenters. The zero-order valence-corrected chi connectivity index (χ0v) is 4.86. The predicted molar refractivity (Wildman–Crippen MR) is 29.7 cm³/mol. The first-order chi connectivity index (χ1) is 3.13. The SMILES string of the molecule is CC([NH])CC(C)[NH]. The first kappa shape index (κ1) is 6.92. The summed E-state index contributed by atoms with van der Waals surface area (Å²) in [6.45, 7) is 3.62. The molecular formula is C5H12N2. The molecule has 2 nitrogen and oxygen atoms in total. The minimum Gasteiger partial charge on any atom is -0.255 e. The van der Waals surface area contributed by atoms with E-state index in [1.54, 1.807) is 0 Å². The van der Waals surface area contributed by atoms with Crippen LogP contribution in [0.15, 0.2) is 0 Å². The fraction of sp³-hybridized carbons (Fsp3) is 1.00. The Morgan fingerprint density at radius 2 is 1.43 bits per heavy atom. The standard InChI is InChI=1S/C5H12N2/c1-4(6)3-5(2)7/h4-7H,3H2,1-2H3. The molecule has 0 aliphatic rings. The summed E-state index contributed by atoms with van der Waals surface area (Å²) < 4.78 is 0. The van der Waals surface area contributed by atoms with Crippen LogP contribution in [0.5, 0.6) is 0 Å². The third-order valence-corrected chi connectivity index (χ3v) is 0.707. The van der Waals surface area contributed by atoms with Gasteiger partial charge in [0.1, 0.15) is 0 Å². The second-order valence-electron chi connectivity index (χ2n) is 2.04. The van der Waals surface area contributed by atoms with Gasteiger partial charge in [-0.05, 0) is 20.3 Å². The Morgan fingerprint density at radius 3 is 1.43 bits per heavy atom. The first-order valence-electron chi connectivity index (χ1n) is 2.55. The Hall–Kier alpha value is -0.0800. The summed E-state index contributed by atoms with van der Waals surface area (Å²) in [6.07, 6.45) is 0.694. The summed E-state index contributed by atoms with van der Waals surface area (Å²) in [7, 11) is 0. The van der Waals surface area contributed by atoms with Gasteiger partial charge in [-0.2, -0.15) is 0 Å². The Morgan fingerprint density at radius 1 is 1.14 bits per heavy atom. The summed E-state index contributed by atoms with van der Waals surface area (Å²) >= 11 is 0. The highest BCUT2D eigenvalue weighted by molar-refractivity contribution is 4.59. The van der Waals surface area contributed by atoms with E-state index in [9.17, 15) is 0 Å². The highest BCUT2D eigenvalue weighted by Gasteiger charge is 1.97. The number of rotatable bonds is 2. The Labute approximate surface area is 44.9 Å². The van der Waals surface area contributed by atoms with E-state index in [1.165, 1.54) is 0 Å². The maximum atomic E-state index is 6.99. The monoisotopic (exact) mass is 100 g/mol. The van der Waals surface area contributed by atoms with Crippen LogP contribution in [-0.2, 0) is 0 Å². The Bertz CT molecular complexity index is 35.3. The number of hydrogen-bond acceptors (Lipinski definition) is 0. The average Bonchev–Trinajstić information content (AvgIpc) is 1.27. The average molecular weight is 100 g/mol. The normalized spacial score (nSPS) is 18.9. The van der Waals surface area contributed by atoms with Gasteiger partial charge in [0.2, 0.25) is 0 Å². The van der Waals surface area contributed by atoms with Gasteiger partial charge in [0.15, 0.2) is 0 Å². The summed E-state index contributed by atoms with van der Waals surface area (Å²) in [5.74, 6) is 0. The van der Waals surface area contributed by atoms with Gasteiger partial charge >= 0.3 is 0 Å². The highest BCUT2D eigenvalue weighted by Crippen LogP contribution is 1.91. The van der Waals surface area contributed by atoms with Crippen LogP contribution in [0.2, 0.25) is 0 Å². The van der Waals surface area contributed by atoms with Gasteiger partial charge in [-0.1, -0.05) is 0 Å². The molecule has 7 heavy (non-hydrogen) atoms. The molecule has 0 fully saturated rings. The molecule has 42 valence electrons. The van der Waals surface area contributed by atoms with E-state index in [1.807, 2.05) is 13.8 Å². The molecule has 0 aromatic rings. The van der Waals surface area contributed by atoms with Crippen molar-refractivity contribution >= 4 is 0 Å². The Kier molecular flexibility index (Phi) is 2.96. The van der Waals surface area contributed by atoms with Crippen LogP contribution in [0.25, 0.3) is 0 Å². The van der Waals surface area contributed by atoms with Gasteiger partial charge in [0.25, 0.3) is 0 Å². The van der Waals surface area contributed by atoms with Crippen LogP contribution in [0, 0.1) is 0 Å². The minimum atomic E-state index is -0.0625. The summed E-state index contributed by atoms with van der Waals surface area (Å²) in [4.78, 5) is 0. The van der Waals surface area contributed by atoms with E-state index >= 15 is 0 Å². The van der Waals surface area contributed by atoms with Gasteiger partial charge in [0.05, 0.1) is 0 Å². The van der Waals surface area contributed by atoms with Crippen molar-refractivity contribution in [2.45, 2.75) is 32.4 Å². The van der Waals surface area contributed by atoms with Gasteiger partial charge in [-0.3, -0.25) is 11.5 Å². The van der Waals surface area contributed by atoms with Gasteiger partial charge in [-0.25, -0.2) is 0 Å². The van der Waals surface area contributed by atoms with Crippen molar-refractivity contribution in [3.63, 3.8) is 0 Å². The van der Waals surface area contributed by atoms with Crippen molar-refractivity contribution in [2.24, 2.45) is 0 Å². The zero-order valence-electron chi connectivity index (χ0n) is 4.86. The van der Waals surface area contributed by atoms with Crippen LogP contribution in [0.3, 0.4) is 0 Å². The van der Waals surface area contributed by atoms with Crippen molar-refractivity contribution in [2.75, 3.05) is 0 Å². The smallest absolute Gasteiger partial charge is 0.0199 e. The molecule has 0 aromatic heterocycles. The third-order valence-electron chi connectivity index (χ3n) is 0.707. The topological polar surface area (TPSA) is 47.6 Å². The fourth-order valence-electron chi connectivity index (χ4n) is 0.530. The van der Waals surface area contributed by atoms with Crippen molar-refractivity contribution in [3.8, 4) is 0 Å². The van der Waals surface area contributed by atoms with Crippen LogP contribution < -0.4 is 11.5 Å². The third kappa shape index (κ3) is 5.92. The van der Waals surface area contributed by atoms with Crippen molar-refractivity contribution in [3.05, 3.63) is 0 Å². The number of hydrogen-bond donors (Lipinski definition) is 0. The molecule has 0 aliphatic heterocycles. The first-order valence-corrected chi connectivity index (χ1v) is 2.55. The zero-order chi connectivity index (χ0) is 5.86. The molecule has 0 rings (SSSR count). The van der Waals surface area contributed by atoms with Crippen LogP contribution in [-0.4, -0.2) is 12.1 Å². The molecular weight excluding hydrogens is 88.1 g/mol. The van der Waals surface area contributed by atoms with E-state index < -0.39 is 0 Å². The lowest BCUT2D eigenvalue weighted by Crippen LogP contribution is -2.13. The second-order valence-corrected chi connectivity index (χ2v) is 2.04. The maximum Gasteiger partial charge on any atom is 0.0199 e. The maximum absolute atomic E-state index is 6.99. The van der Waals surface area contributed by atoms with Crippen molar-refractivity contribution in [1.82, 2.24) is 11.5 Å². The summed E-state index contributed by atoms with van der Waals surface area (Å²) in [5.41, 5.74) is 14.0. The predicted octanol–water partition coefficient (Wildman–Crippen LogP) is 0.719. The van der Waals surface area contributed by atoms with Crippen molar-refractivity contribution in [1.29, 1.82) is 0 Å². The van der Waals surface area contributed by atoms with Gasteiger partial charge < -0.3 is 0 Å². The summed E-state index contributed by atoms with van der Waals surface area (Å²) in [5, 5.41) is 0. The molecule has 0 saturated carbocycles. The van der Waals surface area contributed by atoms with Crippen molar-refractivity contribution < 1.29 is 0 Å². The van der Waals surface area contributed by atoms with E-state index in [4.69, 9.17) is 11.5 Å². The highest BCUT2D eigenvalue weighted by atomic mass is 14.7. The summed E-state index contributed by atoms with van der Waals surface area (Å²) in [6, 6.07) is -0.125. The lowest BCUT2D eigenvalue weighted by Gasteiger charge is -2.04. The van der Waals surface area contributed by atoms with E-state index in [0.717, 1.165) is 0 Å². The second kappa shape index (κ2) is 2.99. The molecule has 2 atom stereocenters. The van der Waals surface area contributed by atoms with Gasteiger partial charge in [0, 0.05) is 12.1 Å². The molecule has 2 heteroatoms. The molecule has 0 spiro atoms. The van der Waals surface area contributed by atoms with Crippen LogP contribution in [0.4, 0.5) is 0 Å². The molecule has 2 radical (unpaired) electrons. The largest absolute Gasteiger partial charge is 0.255 e. The minimum absolute atomic E-state index is 0.0625. The molecule has 0 amide bonds.